The van der Waals surface area contributed by atoms with Gasteiger partial charge in [-0.15, -0.1) is 0 Å². The van der Waals surface area contributed by atoms with Crippen molar-refractivity contribution in [3.63, 3.8) is 0 Å². The molecular formula is C12H23Br. The lowest BCUT2D eigenvalue weighted by atomic mass is 10.1. The molecule has 0 heterocycles. The Kier molecular flexibility index (Phi) is 10.5. The summed E-state index contributed by atoms with van der Waals surface area (Å²) in [6, 6.07) is 0. The van der Waals surface area contributed by atoms with Crippen molar-refractivity contribution in [1.82, 2.24) is 0 Å². The highest BCUT2D eigenvalue weighted by Gasteiger charge is 1.91. The first kappa shape index (κ1) is 13.2. The van der Waals surface area contributed by atoms with E-state index in [2.05, 4.69) is 35.9 Å². The maximum absolute atomic E-state index is 3.61. The molecule has 0 saturated carbocycles. The molecule has 13 heavy (non-hydrogen) atoms. The van der Waals surface area contributed by atoms with Gasteiger partial charge < -0.3 is 0 Å². The number of allylic oxidation sites excluding steroid dienone is 2. The van der Waals surface area contributed by atoms with Gasteiger partial charge in [0.15, 0.2) is 0 Å². The van der Waals surface area contributed by atoms with Crippen LogP contribution in [0.4, 0.5) is 0 Å². The molecule has 0 aromatic heterocycles. The smallest absolute Gasteiger partial charge is 0.00892 e. The zero-order valence-corrected chi connectivity index (χ0v) is 10.7. The molecule has 0 aromatic rings. The lowest BCUT2D eigenvalue weighted by molar-refractivity contribution is 0.673. The zero-order chi connectivity index (χ0) is 9.94. The fourth-order valence-electron chi connectivity index (χ4n) is 1.28. The second kappa shape index (κ2) is 10.3. The molecule has 0 rings (SSSR count). The maximum Gasteiger partial charge on any atom is -0.00892 e. The molecule has 0 nitrogen and oxygen atoms in total. The van der Waals surface area contributed by atoms with Gasteiger partial charge in [-0.3, -0.25) is 0 Å². The lowest BCUT2D eigenvalue weighted by Gasteiger charge is -1.98. The van der Waals surface area contributed by atoms with Crippen molar-refractivity contribution in [1.29, 1.82) is 0 Å². The summed E-state index contributed by atoms with van der Waals surface area (Å²) in [5.74, 6) is 0. The van der Waals surface area contributed by atoms with Crippen LogP contribution in [0.3, 0.4) is 0 Å². The highest BCUT2D eigenvalue weighted by Crippen LogP contribution is 2.16. The van der Waals surface area contributed by atoms with Crippen molar-refractivity contribution in [3.8, 4) is 0 Å². The minimum Gasteiger partial charge on any atom is -0.0744 e. The number of rotatable bonds is 8. The topological polar surface area (TPSA) is 0 Å². The molecule has 0 unspecified atom stereocenters. The van der Waals surface area contributed by atoms with Gasteiger partial charge in [-0.25, -0.2) is 0 Å². The second-order valence-corrected chi connectivity index (χ2v) is 4.62. The number of halogens is 1. The van der Waals surface area contributed by atoms with Gasteiger partial charge >= 0.3 is 0 Å². The SMILES string of the molecule is CCCCCC/C=C(/Br)CCCC. The summed E-state index contributed by atoms with van der Waals surface area (Å²) >= 11 is 3.61. The van der Waals surface area contributed by atoms with Crippen LogP contribution in [0.2, 0.25) is 0 Å². The molecule has 0 saturated heterocycles. The van der Waals surface area contributed by atoms with Crippen molar-refractivity contribution < 1.29 is 0 Å². The third kappa shape index (κ3) is 10.1. The molecular weight excluding hydrogens is 224 g/mol. The molecule has 0 radical (unpaired) electrons. The third-order valence-corrected chi connectivity index (χ3v) is 2.91. The highest BCUT2D eigenvalue weighted by atomic mass is 79.9. The van der Waals surface area contributed by atoms with Crippen molar-refractivity contribution in [2.75, 3.05) is 0 Å². The van der Waals surface area contributed by atoms with Crippen LogP contribution in [-0.4, -0.2) is 0 Å². The molecule has 1 heteroatoms. The summed E-state index contributed by atoms with van der Waals surface area (Å²) < 4.78 is 1.41. The van der Waals surface area contributed by atoms with E-state index >= 15 is 0 Å². The zero-order valence-electron chi connectivity index (χ0n) is 9.11. The number of unbranched alkanes of at least 4 members (excludes halogenated alkanes) is 5. The summed E-state index contributed by atoms with van der Waals surface area (Å²) in [7, 11) is 0. The van der Waals surface area contributed by atoms with Crippen molar-refractivity contribution in [3.05, 3.63) is 10.6 Å². The van der Waals surface area contributed by atoms with Crippen LogP contribution in [-0.2, 0) is 0 Å². The van der Waals surface area contributed by atoms with Gasteiger partial charge in [0.2, 0.25) is 0 Å². The average molecular weight is 247 g/mol. The minimum atomic E-state index is 1.23. The monoisotopic (exact) mass is 246 g/mol. The van der Waals surface area contributed by atoms with Crippen LogP contribution in [0.5, 0.6) is 0 Å². The van der Waals surface area contributed by atoms with Gasteiger partial charge in [0.25, 0.3) is 0 Å². The molecule has 0 aliphatic heterocycles. The van der Waals surface area contributed by atoms with Gasteiger partial charge in [0, 0.05) is 0 Å². The van der Waals surface area contributed by atoms with E-state index in [0.29, 0.717) is 0 Å². The standard InChI is InChI=1S/C12H23Br/c1-3-5-7-8-9-11-12(13)10-6-4-2/h11H,3-10H2,1-2H3/b12-11+. The number of hydrogen-bond donors (Lipinski definition) is 0. The average Bonchev–Trinajstić information content (AvgIpc) is 2.14. The Balaban J connectivity index is 3.25. The van der Waals surface area contributed by atoms with E-state index in [1.165, 1.54) is 55.8 Å². The van der Waals surface area contributed by atoms with Crippen molar-refractivity contribution in [2.24, 2.45) is 0 Å². The first-order valence-corrected chi connectivity index (χ1v) is 6.45. The van der Waals surface area contributed by atoms with Crippen LogP contribution in [0.25, 0.3) is 0 Å². The van der Waals surface area contributed by atoms with Crippen molar-refractivity contribution in [2.45, 2.75) is 65.2 Å². The molecule has 0 aliphatic carbocycles. The van der Waals surface area contributed by atoms with E-state index in [9.17, 15) is 0 Å². The third-order valence-electron chi connectivity index (χ3n) is 2.19. The van der Waals surface area contributed by atoms with Gasteiger partial charge in [0.05, 0.1) is 0 Å². The normalized spacial score (nSPS) is 12.1. The summed E-state index contributed by atoms with van der Waals surface area (Å²) in [5.41, 5.74) is 0. The maximum atomic E-state index is 3.61. The van der Waals surface area contributed by atoms with Crippen LogP contribution in [0.1, 0.15) is 65.2 Å². The molecule has 0 bridgehead atoms. The predicted molar refractivity (Wildman–Crippen MR) is 65.3 cm³/mol. The Morgan fingerprint density at radius 2 is 1.69 bits per heavy atom. The Bertz CT molecular complexity index is 127. The van der Waals surface area contributed by atoms with Crippen LogP contribution < -0.4 is 0 Å². The first-order valence-electron chi connectivity index (χ1n) is 5.65. The molecule has 0 N–H and O–H groups in total. The summed E-state index contributed by atoms with van der Waals surface area (Å²) in [6.07, 6.45) is 12.9. The van der Waals surface area contributed by atoms with E-state index in [-0.39, 0.29) is 0 Å². The Morgan fingerprint density at radius 1 is 1.00 bits per heavy atom. The fourth-order valence-corrected chi connectivity index (χ4v) is 1.79. The summed E-state index contributed by atoms with van der Waals surface area (Å²) in [6.45, 7) is 4.49. The molecule has 0 aromatic carbocycles. The molecule has 78 valence electrons. The van der Waals surface area contributed by atoms with E-state index in [1.807, 2.05) is 0 Å². The molecule has 0 atom stereocenters. The Hall–Kier alpha value is 0.220. The molecule has 0 fully saturated rings. The fraction of sp³-hybridized carbons (Fsp3) is 0.833. The minimum absolute atomic E-state index is 1.23. The largest absolute Gasteiger partial charge is 0.0744 e. The van der Waals surface area contributed by atoms with Crippen molar-refractivity contribution >= 4 is 15.9 Å². The van der Waals surface area contributed by atoms with Crippen LogP contribution >= 0.6 is 15.9 Å². The van der Waals surface area contributed by atoms with Gasteiger partial charge in [-0.05, 0) is 30.2 Å². The number of hydrogen-bond acceptors (Lipinski definition) is 0. The van der Waals surface area contributed by atoms with Gasteiger partial charge in [-0.1, -0.05) is 61.5 Å². The van der Waals surface area contributed by atoms with Crippen LogP contribution in [0.15, 0.2) is 10.6 Å². The van der Waals surface area contributed by atoms with Crippen LogP contribution in [0, 0.1) is 0 Å². The Labute approximate surface area is 91.9 Å². The van der Waals surface area contributed by atoms with Gasteiger partial charge in [-0.2, -0.15) is 0 Å². The van der Waals surface area contributed by atoms with E-state index in [4.69, 9.17) is 0 Å². The molecule has 0 spiro atoms. The van der Waals surface area contributed by atoms with E-state index in [1.54, 1.807) is 0 Å². The summed E-state index contributed by atoms with van der Waals surface area (Å²) in [5, 5.41) is 0. The van der Waals surface area contributed by atoms with E-state index in [0.717, 1.165) is 0 Å². The molecule has 0 amide bonds. The summed E-state index contributed by atoms with van der Waals surface area (Å²) in [4.78, 5) is 0. The quantitative estimate of drug-likeness (QED) is 0.502. The Morgan fingerprint density at radius 3 is 2.31 bits per heavy atom. The van der Waals surface area contributed by atoms with Gasteiger partial charge in [0.1, 0.15) is 0 Å². The molecule has 0 aliphatic rings. The second-order valence-electron chi connectivity index (χ2n) is 3.60. The predicted octanol–water partition coefficient (Wildman–Crippen LogP) is 5.43. The highest BCUT2D eigenvalue weighted by molar-refractivity contribution is 9.11. The lowest BCUT2D eigenvalue weighted by Crippen LogP contribution is -1.77. The first-order chi connectivity index (χ1) is 6.31. The van der Waals surface area contributed by atoms with E-state index < -0.39 is 0 Å².